The van der Waals surface area contributed by atoms with Crippen LogP contribution < -0.4 is 15.4 Å². The third kappa shape index (κ3) is 9.11. The molecule has 2 aromatic heterocycles. The van der Waals surface area contributed by atoms with Gasteiger partial charge in [0.15, 0.2) is 0 Å². The molecule has 0 radical (unpaired) electrons. The average molecular weight is 629 g/mol. The van der Waals surface area contributed by atoms with Crippen LogP contribution in [0.1, 0.15) is 36.2 Å². The second-order valence-electron chi connectivity index (χ2n) is 9.27. The number of hydrogen-bond acceptors (Lipinski definition) is 9. The Bertz CT molecular complexity index is 1540. The summed E-state index contributed by atoms with van der Waals surface area (Å²) in [5, 5.41) is 10.4. The van der Waals surface area contributed by atoms with Crippen molar-refractivity contribution in [2.45, 2.75) is 38.3 Å². The predicted molar refractivity (Wildman–Crippen MR) is 165 cm³/mol. The number of ether oxygens (including phenoxy) is 1. The molecule has 42 heavy (non-hydrogen) atoms. The molecule has 0 aliphatic heterocycles. The quantitative estimate of drug-likeness (QED) is 0.172. The number of methoxy groups -OCH3 is 1. The second-order valence-corrected chi connectivity index (χ2v) is 12.4. The number of carbonyl (C=O) groups is 2. The molecule has 2 unspecified atom stereocenters. The maximum Gasteiger partial charge on any atom is 0.407 e. The molecule has 4 rings (SSSR count). The maximum absolute atomic E-state index is 13.6. The molecule has 0 bridgehead atoms. The Hall–Kier alpha value is -3.78. The van der Waals surface area contributed by atoms with Crippen molar-refractivity contribution in [1.29, 1.82) is 0 Å². The molecule has 0 saturated heterocycles. The number of thiophene rings is 1. The number of thiazole rings is 1. The van der Waals surface area contributed by atoms with E-state index < -0.39 is 34.4 Å². The summed E-state index contributed by atoms with van der Waals surface area (Å²) in [5.41, 5.74) is 2.74. The fraction of sp³-hybridized carbons (Fsp3) is 0.276. The highest BCUT2D eigenvalue weighted by Gasteiger charge is 2.26. The molecule has 0 aliphatic rings. The first-order valence-corrected chi connectivity index (χ1v) is 16.4. The predicted octanol–water partition coefficient (Wildman–Crippen LogP) is 5.32. The standard InChI is InChI=1S/C29H32N4O6S3/c1-3-15-39-42(36,37)33-22-13-11-21(12-14-22)17-23(25-19-41-28(31-25)26-10-7-16-40-26)30-27(34)24(32-29(35)38-2)18-20-8-5-4-6-9-20/h4-14,16,19,23-24,33H,3,15,17-18H2,1-2H3,(H,30,34)(H,32,35). The number of aromatic nitrogens is 1. The van der Waals surface area contributed by atoms with Crippen LogP contribution in [0.25, 0.3) is 9.88 Å². The van der Waals surface area contributed by atoms with Gasteiger partial charge in [0.2, 0.25) is 5.91 Å². The van der Waals surface area contributed by atoms with E-state index in [2.05, 4.69) is 15.4 Å². The van der Waals surface area contributed by atoms with E-state index in [1.807, 2.05) is 60.1 Å². The summed E-state index contributed by atoms with van der Waals surface area (Å²) in [6.45, 7) is 1.91. The molecule has 222 valence electrons. The number of rotatable bonds is 14. The highest BCUT2D eigenvalue weighted by Crippen LogP contribution is 2.31. The van der Waals surface area contributed by atoms with Crippen LogP contribution in [-0.4, -0.2) is 45.2 Å². The van der Waals surface area contributed by atoms with E-state index in [-0.39, 0.29) is 13.0 Å². The highest BCUT2D eigenvalue weighted by atomic mass is 32.2. The summed E-state index contributed by atoms with van der Waals surface area (Å²) in [7, 11) is -2.67. The van der Waals surface area contributed by atoms with Crippen LogP contribution in [0.15, 0.2) is 77.5 Å². The first kappa shape index (κ1) is 31.2. The van der Waals surface area contributed by atoms with E-state index in [1.165, 1.54) is 18.4 Å². The Morgan fingerprint density at radius 2 is 1.67 bits per heavy atom. The van der Waals surface area contributed by atoms with Gasteiger partial charge in [-0.3, -0.25) is 13.7 Å². The van der Waals surface area contributed by atoms with Crippen molar-refractivity contribution >= 4 is 50.7 Å². The molecule has 13 heteroatoms. The van der Waals surface area contributed by atoms with Gasteiger partial charge in [-0.15, -0.1) is 22.7 Å². The monoisotopic (exact) mass is 628 g/mol. The average Bonchev–Trinajstić information content (AvgIpc) is 3.69. The molecule has 2 amide bonds. The molecule has 10 nitrogen and oxygen atoms in total. The van der Waals surface area contributed by atoms with Crippen molar-refractivity contribution in [3.05, 3.63) is 94.3 Å². The Labute approximate surface area is 253 Å². The van der Waals surface area contributed by atoms with Gasteiger partial charge in [-0.2, -0.15) is 8.42 Å². The molecule has 0 spiro atoms. The fourth-order valence-corrected chi connectivity index (χ4v) is 6.59. The van der Waals surface area contributed by atoms with E-state index in [0.29, 0.717) is 24.2 Å². The normalized spacial score (nSPS) is 12.7. The van der Waals surface area contributed by atoms with Crippen molar-refractivity contribution in [2.75, 3.05) is 18.4 Å². The largest absolute Gasteiger partial charge is 0.453 e. The Balaban J connectivity index is 1.56. The van der Waals surface area contributed by atoms with Crippen LogP contribution in [-0.2, 0) is 36.9 Å². The molecule has 2 atom stereocenters. The number of hydrogen-bond donors (Lipinski definition) is 3. The first-order valence-electron chi connectivity index (χ1n) is 13.2. The van der Waals surface area contributed by atoms with Gasteiger partial charge in [0.1, 0.15) is 11.0 Å². The summed E-state index contributed by atoms with van der Waals surface area (Å²) >= 11 is 3.06. The molecule has 4 aromatic rings. The minimum Gasteiger partial charge on any atom is -0.453 e. The third-order valence-corrected chi connectivity index (χ3v) is 8.95. The SMILES string of the molecule is CCCOS(=O)(=O)Nc1ccc(CC(NC(=O)C(Cc2ccccc2)NC(=O)OC)c2csc(-c3cccs3)n2)cc1. The van der Waals surface area contributed by atoms with Gasteiger partial charge in [0.05, 0.1) is 36.0 Å². The van der Waals surface area contributed by atoms with Crippen molar-refractivity contribution in [3.8, 4) is 9.88 Å². The summed E-state index contributed by atoms with van der Waals surface area (Å²) in [4.78, 5) is 31.6. The summed E-state index contributed by atoms with van der Waals surface area (Å²) in [6.07, 6.45) is 0.493. The minimum absolute atomic E-state index is 0.0893. The van der Waals surface area contributed by atoms with Gasteiger partial charge < -0.3 is 15.4 Å². The van der Waals surface area contributed by atoms with Crippen molar-refractivity contribution in [2.24, 2.45) is 0 Å². The highest BCUT2D eigenvalue weighted by molar-refractivity contribution is 7.88. The van der Waals surface area contributed by atoms with E-state index >= 15 is 0 Å². The number of anilines is 1. The van der Waals surface area contributed by atoms with Gasteiger partial charge >= 0.3 is 16.4 Å². The first-order chi connectivity index (χ1) is 20.3. The van der Waals surface area contributed by atoms with Crippen LogP contribution in [0.4, 0.5) is 10.5 Å². The van der Waals surface area contributed by atoms with E-state index in [0.717, 1.165) is 21.0 Å². The Kier molecular flexibility index (Phi) is 11.1. The van der Waals surface area contributed by atoms with Crippen LogP contribution in [0, 0.1) is 0 Å². The molecule has 0 fully saturated rings. The van der Waals surface area contributed by atoms with E-state index in [4.69, 9.17) is 13.9 Å². The number of nitrogens with zero attached hydrogens (tertiary/aromatic N) is 1. The fourth-order valence-electron chi connectivity index (χ4n) is 4.03. The lowest BCUT2D eigenvalue weighted by Gasteiger charge is -2.23. The van der Waals surface area contributed by atoms with Crippen LogP contribution in [0.5, 0.6) is 0 Å². The molecule has 0 saturated carbocycles. The zero-order chi connectivity index (χ0) is 30.0. The number of benzene rings is 2. The van der Waals surface area contributed by atoms with Gasteiger partial charge in [0, 0.05) is 11.8 Å². The number of amides is 2. The van der Waals surface area contributed by atoms with Gasteiger partial charge in [0.25, 0.3) is 0 Å². The molecular weight excluding hydrogens is 597 g/mol. The third-order valence-electron chi connectivity index (χ3n) is 6.08. The molecular formula is C29H32N4O6S3. The van der Waals surface area contributed by atoms with E-state index in [1.54, 1.807) is 35.6 Å². The van der Waals surface area contributed by atoms with Crippen LogP contribution >= 0.6 is 22.7 Å². The number of alkyl carbamates (subject to hydrolysis) is 1. The maximum atomic E-state index is 13.6. The zero-order valence-corrected chi connectivity index (χ0v) is 25.6. The Morgan fingerprint density at radius 1 is 0.929 bits per heavy atom. The minimum atomic E-state index is -3.92. The lowest BCUT2D eigenvalue weighted by molar-refractivity contribution is -0.123. The molecule has 3 N–H and O–H groups in total. The van der Waals surface area contributed by atoms with Gasteiger partial charge in [-0.1, -0.05) is 55.5 Å². The lowest BCUT2D eigenvalue weighted by atomic mass is 10.0. The lowest BCUT2D eigenvalue weighted by Crippen LogP contribution is -2.49. The smallest absolute Gasteiger partial charge is 0.407 e. The topological polar surface area (TPSA) is 136 Å². The van der Waals surface area contributed by atoms with Gasteiger partial charge in [-0.05, 0) is 47.5 Å². The molecule has 0 aliphatic carbocycles. The summed E-state index contributed by atoms with van der Waals surface area (Å²) in [6, 6.07) is 18.7. The number of nitrogens with one attached hydrogen (secondary N) is 3. The van der Waals surface area contributed by atoms with Gasteiger partial charge in [-0.25, -0.2) is 9.78 Å². The Morgan fingerprint density at radius 3 is 2.33 bits per heavy atom. The molecule has 2 aromatic carbocycles. The number of carbonyl (C=O) groups excluding carboxylic acids is 2. The van der Waals surface area contributed by atoms with E-state index in [9.17, 15) is 18.0 Å². The van der Waals surface area contributed by atoms with Crippen LogP contribution in [0.2, 0.25) is 0 Å². The van der Waals surface area contributed by atoms with Crippen molar-refractivity contribution in [1.82, 2.24) is 15.6 Å². The summed E-state index contributed by atoms with van der Waals surface area (Å²) in [5.74, 6) is -0.391. The van der Waals surface area contributed by atoms with Crippen molar-refractivity contribution in [3.63, 3.8) is 0 Å². The molecule has 2 heterocycles. The second kappa shape index (κ2) is 14.9. The summed E-state index contributed by atoms with van der Waals surface area (Å²) < 4.78 is 36.2. The van der Waals surface area contributed by atoms with Crippen LogP contribution in [0.3, 0.4) is 0 Å². The van der Waals surface area contributed by atoms with Crippen molar-refractivity contribution < 1.29 is 26.9 Å². The zero-order valence-electron chi connectivity index (χ0n) is 23.1.